The first-order valence-electron chi connectivity index (χ1n) is 13.8. The normalized spacial score (nSPS) is 15.8. The fourth-order valence-corrected chi connectivity index (χ4v) is 5.25. The van der Waals surface area contributed by atoms with Crippen molar-refractivity contribution in [3.8, 4) is 5.75 Å². The van der Waals surface area contributed by atoms with Crippen LogP contribution in [0.3, 0.4) is 0 Å². The third kappa shape index (κ3) is 5.72. The van der Waals surface area contributed by atoms with Crippen LogP contribution in [0.25, 0.3) is 10.8 Å². The van der Waals surface area contributed by atoms with Gasteiger partial charge < -0.3 is 25.5 Å². The first kappa shape index (κ1) is 24.9. The monoisotopic (exact) mass is 523 g/mol. The van der Waals surface area contributed by atoms with Gasteiger partial charge in [-0.3, -0.25) is 4.79 Å². The lowest BCUT2D eigenvalue weighted by molar-refractivity contribution is 0.102. The summed E-state index contributed by atoms with van der Waals surface area (Å²) >= 11 is 0. The lowest BCUT2D eigenvalue weighted by Crippen LogP contribution is -2.34. The van der Waals surface area contributed by atoms with Crippen molar-refractivity contribution in [3.63, 3.8) is 0 Å². The molecule has 3 heterocycles. The number of piperidine rings is 2. The first-order chi connectivity index (χ1) is 19.1. The molecule has 1 aromatic heterocycles. The van der Waals surface area contributed by atoms with Crippen molar-refractivity contribution in [2.75, 3.05) is 46.6 Å². The lowest BCUT2D eigenvalue weighted by atomic mass is 10.1. The zero-order valence-corrected chi connectivity index (χ0v) is 21.9. The summed E-state index contributed by atoms with van der Waals surface area (Å²) in [6.07, 6.45) is 6.99. The molecule has 2 aliphatic rings. The van der Waals surface area contributed by atoms with Gasteiger partial charge >= 0.3 is 0 Å². The van der Waals surface area contributed by atoms with E-state index in [2.05, 4.69) is 20.4 Å². The number of benzene rings is 3. The summed E-state index contributed by atoms with van der Waals surface area (Å²) in [6.45, 7) is 3.76. The van der Waals surface area contributed by atoms with Crippen molar-refractivity contribution in [3.05, 3.63) is 66.2 Å². The summed E-state index contributed by atoms with van der Waals surface area (Å²) < 4.78 is 0. The maximum atomic E-state index is 12.9. The number of phenolic OH excluding ortho intramolecular Hbond substituents is 1. The number of carbonyl (C=O) groups excluding carboxylic acids is 1. The van der Waals surface area contributed by atoms with E-state index in [9.17, 15) is 9.90 Å². The Balaban J connectivity index is 1.21. The van der Waals surface area contributed by atoms with E-state index in [-0.39, 0.29) is 11.7 Å². The van der Waals surface area contributed by atoms with Crippen molar-refractivity contribution in [1.29, 1.82) is 0 Å². The van der Waals surface area contributed by atoms with Gasteiger partial charge in [-0.2, -0.15) is 15.0 Å². The molecule has 2 saturated heterocycles. The summed E-state index contributed by atoms with van der Waals surface area (Å²) in [5.74, 6) is 1.49. The van der Waals surface area contributed by atoms with Crippen LogP contribution in [0.15, 0.2) is 60.7 Å². The number of aromatic hydroxyl groups is 1. The number of hydrogen-bond acceptors (Lipinski definition) is 8. The highest BCUT2D eigenvalue weighted by Crippen LogP contribution is 2.30. The number of fused-ring (bicyclic) bond motifs is 1. The van der Waals surface area contributed by atoms with E-state index in [4.69, 9.17) is 15.0 Å². The highest BCUT2D eigenvalue weighted by atomic mass is 16.3. The van der Waals surface area contributed by atoms with Gasteiger partial charge in [0.05, 0.1) is 5.69 Å². The maximum absolute atomic E-state index is 12.9. The molecule has 0 spiro atoms. The zero-order chi connectivity index (χ0) is 26.6. The summed E-state index contributed by atoms with van der Waals surface area (Å²) in [7, 11) is 0. The van der Waals surface area contributed by atoms with Gasteiger partial charge in [0.25, 0.3) is 5.91 Å². The fourth-order valence-electron chi connectivity index (χ4n) is 5.25. The molecule has 9 heteroatoms. The second-order valence-electron chi connectivity index (χ2n) is 10.2. The molecule has 0 atom stereocenters. The van der Waals surface area contributed by atoms with Crippen molar-refractivity contribution < 1.29 is 9.90 Å². The molecule has 4 aromatic rings. The van der Waals surface area contributed by atoms with Gasteiger partial charge in [0.1, 0.15) is 5.75 Å². The van der Waals surface area contributed by atoms with Crippen molar-refractivity contribution >= 4 is 45.9 Å². The number of amides is 1. The highest BCUT2D eigenvalue weighted by Gasteiger charge is 2.21. The number of carbonyl (C=O) groups is 1. The Labute approximate surface area is 227 Å². The minimum atomic E-state index is -0.286. The van der Waals surface area contributed by atoms with Crippen LogP contribution in [0, 0.1) is 0 Å². The molecule has 1 amide bonds. The Bertz CT molecular complexity index is 1440. The molecular weight excluding hydrogens is 490 g/mol. The minimum absolute atomic E-state index is 0.0456. The molecule has 0 aliphatic carbocycles. The molecule has 39 heavy (non-hydrogen) atoms. The van der Waals surface area contributed by atoms with Crippen LogP contribution >= 0.6 is 0 Å². The molecule has 0 bridgehead atoms. The van der Waals surface area contributed by atoms with Crippen molar-refractivity contribution in [1.82, 2.24) is 15.0 Å². The van der Waals surface area contributed by atoms with Gasteiger partial charge in [-0.15, -0.1) is 0 Å². The summed E-state index contributed by atoms with van der Waals surface area (Å²) in [4.78, 5) is 31.6. The largest absolute Gasteiger partial charge is 0.506 e. The van der Waals surface area contributed by atoms with E-state index < -0.39 is 0 Å². The molecule has 3 aromatic carbocycles. The SMILES string of the molecule is O=C(Nc1ccc(Nc2nc(N3CCCCC3)nc(N3CCCCC3)n2)cc1O)c1ccc2ccccc2c1. The number of phenols is 1. The molecule has 9 nitrogen and oxygen atoms in total. The van der Waals surface area contributed by atoms with Gasteiger partial charge in [0.15, 0.2) is 0 Å². The Hall–Kier alpha value is -4.40. The number of aromatic nitrogens is 3. The van der Waals surface area contributed by atoms with Crippen LogP contribution in [-0.2, 0) is 0 Å². The molecule has 6 rings (SSSR count). The third-order valence-corrected chi connectivity index (χ3v) is 7.40. The first-order valence-corrected chi connectivity index (χ1v) is 13.8. The van der Waals surface area contributed by atoms with Gasteiger partial charge in [0.2, 0.25) is 17.8 Å². The predicted molar refractivity (Wildman–Crippen MR) is 155 cm³/mol. The van der Waals surface area contributed by atoms with E-state index in [1.54, 1.807) is 24.3 Å². The van der Waals surface area contributed by atoms with Crippen LogP contribution in [0.4, 0.5) is 29.2 Å². The van der Waals surface area contributed by atoms with Gasteiger partial charge in [0, 0.05) is 43.5 Å². The maximum Gasteiger partial charge on any atom is 0.255 e. The van der Waals surface area contributed by atoms with Crippen LogP contribution < -0.4 is 20.4 Å². The van der Waals surface area contributed by atoms with Crippen molar-refractivity contribution in [2.24, 2.45) is 0 Å². The Morgan fingerprint density at radius 1 is 0.718 bits per heavy atom. The zero-order valence-electron chi connectivity index (χ0n) is 21.9. The van der Waals surface area contributed by atoms with Crippen molar-refractivity contribution in [2.45, 2.75) is 38.5 Å². The molecule has 0 radical (unpaired) electrons. The van der Waals surface area contributed by atoms with E-state index in [0.717, 1.165) is 62.6 Å². The Morgan fingerprint density at radius 3 is 2.00 bits per heavy atom. The smallest absolute Gasteiger partial charge is 0.255 e. The average molecular weight is 524 g/mol. The number of hydrogen-bond donors (Lipinski definition) is 3. The standard InChI is InChI=1S/C30H33N7O2/c38-26-20-24(13-14-25(26)32-27(39)23-12-11-21-9-3-4-10-22(21)19-23)31-28-33-29(36-15-5-1-6-16-36)35-30(34-28)37-17-7-2-8-18-37/h3-4,9-14,19-20,38H,1-2,5-8,15-18H2,(H,32,39)(H,31,33,34,35). The minimum Gasteiger partial charge on any atom is -0.506 e. The second kappa shape index (κ2) is 11.1. The van der Waals surface area contributed by atoms with Gasteiger partial charge in [-0.1, -0.05) is 30.3 Å². The van der Waals surface area contributed by atoms with Crippen LogP contribution in [0.1, 0.15) is 48.9 Å². The van der Waals surface area contributed by atoms with E-state index in [1.165, 1.54) is 12.8 Å². The predicted octanol–water partition coefficient (Wildman–Crippen LogP) is 5.71. The topological polar surface area (TPSA) is 107 Å². The molecule has 2 aliphatic heterocycles. The third-order valence-electron chi connectivity index (χ3n) is 7.40. The van der Waals surface area contributed by atoms with Crippen LogP contribution in [0.2, 0.25) is 0 Å². The Kier molecular flexibility index (Phi) is 7.12. The van der Waals surface area contributed by atoms with Gasteiger partial charge in [-0.25, -0.2) is 0 Å². The number of nitrogens with one attached hydrogen (secondary N) is 2. The summed E-state index contributed by atoms with van der Waals surface area (Å²) in [6, 6.07) is 18.5. The quantitative estimate of drug-likeness (QED) is 0.276. The molecule has 3 N–H and O–H groups in total. The van der Waals surface area contributed by atoms with E-state index in [1.807, 2.05) is 36.4 Å². The molecule has 0 saturated carbocycles. The van der Waals surface area contributed by atoms with Gasteiger partial charge in [-0.05, 0) is 73.6 Å². The van der Waals surface area contributed by atoms with E-state index >= 15 is 0 Å². The summed E-state index contributed by atoms with van der Waals surface area (Å²) in [5, 5.41) is 18.8. The number of anilines is 5. The van der Waals surface area contributed by atoms with Crippen LogP contribution in [-0.4, -0.2) is 52.1 Å². The number of rotatable bonds is 6. The Morgan fingerprint density at radius 2 is 1.36 bits per heavy atom. The van der Waals surface area contributed by atoms with E-state index in [0.29, 0.717) is 34.8 Å². The van der Waals surface area contributed by atoms with Crippen LogP contribution in [0.5, 0.6) is 5.75 Å². The summed E-state index contributed by atoms with van der Waals surface area (Å²) in [5.41, 5.74) is 1.48. The highest BCUT2D eigenvalue weighted by molar-refractivity contribution is 6.07. The second-order valence-corrected chi connectivity index (χ2v) is 10.2. The molecule has 2 fully saturated rings. The number of nitrogens with zero attached hydrogens (tertiary/aromatic N) is 5. The lowest BCUT2D eigenvalue weighted by Gasteiger charge is -2.30. The molecule has 200 valence electrons. The fraction of sp³-hybridized carbons (Fsp3) is 0.333. The average Bonchev–Trinajstić information content (AvgIpc) is 2.99. The molecule has 0 unspecified atom stereocenters. The molecular formula is C30H33N7O2.